The Bertz CT molecular complexity index is 734. The van der Waals surface area contributed by atoms with Gasteiger partial charge >= 0.3 is 0 Å². The second-order valence-corrected chi connectivity index (χ2v) is 7.18. The molecule has 2 rings (SSSR count). The highest BCUT2D eigenvalue weighted by molar-refractivity contribution is 9.10. The molecule has 0 unspecified atom stereocenters. The smallest absolute Gasteiger partial charge is 0.268 e. The molecule has 2 aromatic rings. The van der Waals surface area contributed by atoms with Crippen LogP contribution in [0.3, 0.4) is 0 Å². The monoisotopic (exact) mass is 385 g/mol. The Morgan fingerprint density at radius 2 is 1.86 bits per heavy atom. The number of hydrogen-bond acceptors (Lipinski definition) is 4. The van der Waals surface area contributed by atoms with Gasteiger partial charge in [0.1, 0.15) is 10.6 Å². The minimum atomic E-state index is -3.86. The van der Waals surface area contributed by atoms with Gasteiger partial charge in [-0.05, 0) is 30.3 Å². The van der Waals surface area contributed by atoms with E-state index in [2.05, 4.69) is 15.9 Å². The zero-order valence-corrected chi connectivity index (χ0v) is 14.3. The van der Waals surface area contributed by atoms with Gasteiger partial charge in [0.25, 0.3) is 10.0 Å². The summed E-state index contributed by atoms with van der Waals surface area (Å²) in [5.41, 5.74) is 0.485. The molecule has 0 saturated heterocycles. The molecule has 0 bridgehead atoms. The lowest BCUT2D eigenvalue weighted by atomic mass is 10.3. The molecule has 0 aliphatic carbocycles. The van der Waals surface area contributed by atoms with Gasteiger partial charge in [-0.2, -0.15) is 0 Å². The van der Waals surface area contributed by atoms with E-state index in [4.69, 9.17) is 4.74 Å². The van der Waals surface area contributed by atoms with Crippen molar-refractivity contribution < 1.29 is 18.3 Å². The number of ether oxygens (including phenoxy) is 1. The minimum absolute atomic E-state index is 0.0397. The fourth-order valence-corrected chi connectivity index (χ4v) is 4.20. The third kappa shape index (κ3) is 3.43. The van der Waals surface area contributed by atoms with E-state index in [0.29, 0.717) is 10.2 Å². The molecule has 0 aliphatic heterocycles. The van der Waals surface area contributed by atoms with Crippen LogP contribution in [-0.4, -0.2) is 33.8 Å². The minimum Gasteiger partial charge on any atom is -0.495 e. The lowest BCUT2D eigenvalue weighted by molar-refractivity contribution is 0.306. The van der Waals surface area contributed by atoms with E-state index in [1.807, 2.05) is 0 Å². The number of nitrogens with zero attached hydrogens (tertiary/aromatic N) is 1. The van der Waals surface area contributed by atoms with Crippen molar-refractivity contribution >= 4 is 31.6 Å². The number of anilines is 1. The van der Waals surface area contributed by atoms with Crippen LogP contribution >= 0.6 is 15.9 Å². The Kier molecular flexibility index (Phi) is 5.44. The van der Waals surface area contributed by atoms with Crippen LogP contribution in [0.5, 0.6) is 5.75 Å². The van der Waals surface area contributed by atoms with Crippen molar-refractivity contribution in [1.82, 2.24) is 0 Å². The van der Waals surface area contributed by atoms with Crippen LogP contribution in [0, 0.1) is 0 Å². The van der Waals surface area contributed by atoms with E-state index in [1.165, 1.54) is 13.2 Å². The number of aliphatic hydroxyl groups is 1. The Morgan fingerprint density at radius 1 is 1.18 bits per heavy atom. The first-order valence-corrected chi connectivity index (χ1v) is 8.76. The normalized spacial score (nSPS) is 11.2. The molecule has 22 heavy (non-hydrogen) atoms. The summed E-state index contributed by atoms with van der Waals surface area (Å²) in [7, 11) is -2.45. The average Bonchev–Trinajstić information content (AvgIpc) is 2.53. The van der Waals surface area contributed by atoms with E-state index >= 15 is 0 Å². The molecule has 0 aliphatic rings. The number of rotatable bonds is 6. The first-order chi connectivity index (χ1) is 10.5. The van der Waals surface area contributed by atoms with Gasteiger partial charge in [0.2, 0.25) is 0 Å². The summed E-state index contributed by atoms with van der Waals surface area (Å²) in [5.74, 6) is 0.252. The number of sulfonamides is 1. The van der Waals surface area contributed by atoms with Gasteiger partial charge in [-0.1, -0.05) is 34.1 Å². The quantitative estimate of drug-likeness (QED) is 0.829. The van der Waals surface area contributed by atoms with Gasteiger partial charge in [-0.25, -0.2) is 8.42 Å². The molecule has 0 spiro atoms. The van der Waals surface area contributed by atoms with Crippen LogP contribution in [0.2, 0.25) is 0 Å². The number of methoxy groups -OCH3 is 1. The van der Waals surface area contributed by atoms with E-state index in [1.54, 1.807) is 42.5 Å². The molecule has 0 aromatic heterocycles. The first-order valence-electron chi connectivity index (χ1n) is 6.53. The summed E-state index contributed by atoms with van der Waals surface area (Å²) in [4.78, 5) is 0.0432. The molecule has 5 nitrogen and oxygen atoms in total. The van der Waals surface area contributed by atoms with Crippen molar-refractivity contribution in [3.8, 4) is 5.75 Å². The molecular weight excluding hydrogens is 370 g/mol. The number of halogens is 1. The molecule has 0 radical (unpaired) electrons. The average molecular weight is 386 g/mol. The number of benzene rings is 2. The maximum Gasteiger partial charge on any atom is 0.268 e. The highest BCUT2D eigenvalue weighted by atomic mass is 79.9. The highest BCUT2D eigenvalue weighted by Crippen LogP contribution is 2.32. The van der Waals surface area contributed by atoms with Crippen LogP contribution < -0.4 is 9.04 Å². The second-order valence-electron chi connectivity index (χ2n) is 4.43. The first kappa shape index (κ1) is 16.8. The van der Waals surface area contributed by atoms with Gasteiger partial charge in [0, 0.05) is 4.47 Å². The predicted octanol–water partition coefficient (Wildman–Crippen LogP) is 2.65. The van der Waals surface area contributed by atoms with Gasteiger partial charge in [-0.3, -0.25) is 4.31 Å². The van der Waals surface area contributed by atoms with Crippen molar-refractivity contribution in [3.05, 3.63) is 53.0 Å². The van der Waals surface area contributed by atoms with Gasteiger partial charge in [0.05, 0.1) is 25.9 Å². The largest absolute Gasteiger partial charge is 0.495 e. The zero-order valence-electron chi connectivity index (χ0n) is 11.9. The van der Waals surface area contributed by atoms with Crippen molar-refractivity contribution in [3.63, 3.8) is 0 Å². The van der Waals surface area contributed by atoms with Crippen molar-refractivity contribution in [1.29, 1.82) is 0 Å². The van der Waals surface area contributed by atoms with Crippen molar-refractivity contribution in [2.24, 2.45) is 0 Å². The summed E-state index contributed by atoms with van der Waals surface area (Å²) in [6, 6.07) is 13.4. The Morgan fingerprint density at radius 3 is 2.45 bits per heavy atom. The summed E-state index contributed by atoms with van der Waals surface area (Å²) in [5, 5.41) is 9.24. The van der Waals surface area contributed by atoms with Crippen molar-refractivity contribution in [2.75, 3.05) is 24.6 Å². The zero-order chi connectivity index (χ0) is 16.2. The van der Waals surface area contributed by atoms with Crippen LogP contribution in [0.15, 0.2) is 57.9 Å². The molecule has 2 aromatic carbocycles. The predicted molar refractivity (Wildman–Crippen MR) is 88.8 cm³/mol. The lowest BCUT2D eigenvalue weighted by Crippen LogP contribution is -2.33. The van der Waals surface area contributed by atoms with E-state index in [-0.39, 0.29) is 23.8 Å². The van der Waals surface area contributed by atoms with Crippen LogP contribution in [0.1, 0.15) is 0 Å². The van der Waals surface area contributed by atoms with Crippen LogP contribution in [-0.2, 0) is 10.0 Å². The highest BCUT2D eigenvalue weighted by Gasteiger charge is 2.28. The maximum absolute atomic E-state index is 13.0. The summed E-state index contributed by atoms with van der Waals surface area (Å²) in [6.45, 7) is -0.327. The Hall–Kier alpha value is -1.57. The molecule has 0 atom stereocenters. The molecule has 0 heterocycles. The molecule has 7 heteroatoms. The van der Waals surface area contributed by atoms with Crippen molar-refractivity contribution in [2.45, 2.75) is 4.90 Å². The van der Waals surface area contributed by atoms with Crippen LogP contribution in [0.4, 0.5) is 5.69 Å². The van der Waals surface area contributed by atoms with E-state index < -0.39 is 10.0 Å². The molecule has 1 N–H and O–H groups in total. The second kappa shape index (κ2) is 7.13. The van der Waals surface area contributed by atoms with E-state index in [0.717, 1.165) is 4.31 Å². The third-order valence-electron chi connectivity index (χ3n) is 3.04. The van der Waals surface area contributed by atoms with Crippen LogP contribution in [0.25, 0.3) is 0 Å². The standard InChI is InChI=1S/C15H16BrNO4S/c1-21-14-8-7-12(16)11-15(14)22(19,20)17(9-10-18)13-5-3-2-4-6-13/h2-8,11,18H,9-10H2,1H3. The Labute approximate surface area is 138 Å². The maximum atomic E-state index is 13.0. The fourth-order valence-electron chi connectivity index (χ4n) is 2.04. The summed E-state index contributed by atoms with van der Waals surface area (Å²) >= 11 is 3.27. The lowest BCUT2D eigenvalue weighted by Gasteiger charge is -2.24. The van der Waals surface area contributed by atoms with Gasteiger partial charge < -0.3 is 9.84 Å². The molecule has 0 fully saturated rings. The molecule has 0 amide bonds. The van der Waals surface area contributed by atoms with Gasteiger partial charge in [-0.15, -0.1) is 0 Å². The summed E-state index contributed by atoms with van der Waals surface area (Å²) in [6.07, 6.45) is 0. The molecule has 0 saturated carbocycles. The third-order valence-corrected chi connectivity index (χ3v) is 5.38. The molecular formula is C15H16BrNO4S. The number of aliphatic hydroxyl groups excluding tert-OH is 1. The number of para-hydroxylation sites is 1. The van der Waals surface area contributed by atoms with E-state index in [9.17, 15) is 13.5 Å². The number of hydrogen-bond donors (Lipinski definition) is 1. The SMILES string of the molecule is COc1ccc(Br)cc1S(=O)(=O)N(CCO)c1ccccc1. The Balaban J connectivity index is 2.58. The fraction of sp³-hybridized carbons (Fsp3) is 0.200. The topological polar surface area (TPSA) is 66.8 Å². The van der Waals surface area contributed by atoms with Gasteiger partial charge in [0.15, 0.2) is 0 Å². The molecule has 118 valence electrons. The summed E-state index contributed by atoms with van der Waals surface area (Å²) < 4.78 is 32.9.